The number of carbonyl (C=O) groups is 3. The van der Waals surface area contributed by atoms with Crippen molar-refractivity contribution in [3.63, 3.8) is 0 Å². The molecule has 3 heterocycles. The number of fused-ring (bicyclic) bond motifs is 1. The number of alkyl halides is 1. The van der Waals surface area contributed by atoms with Gasteiger partial charge < -0.3 is 21.4 Å². The molecule has 3 aliphatic rings. The number of amides is 2. The number of ketones is 1. The molecular weight excluding hydrogens is 521 g/mol. The van der Waals surface area contributed by atoms with E-state index in [-0.39, 0.29) is 41.7 Å². The molecule has 12 heteroatoms. The van der Waals surface area contributed by atoms with Crippen LogP contribution >= 0.6 is 11.8 Å². The molecule has 1 fully saturated rings. The SMILES string of the molecule is CC(C)(C)SC(=O)N1CC(=O)c2c(Nc3ccccc3)c(C3=CC(N(N)C(=O)C4(F)CC4)NC=C3)n(N)c2C1. The fraction of sp³-hybridized carbons (Fsp3) is 0.370. The zero-order chi connectivity index (χ0) is 28.1. The lowest BCUT2D eigenvalue weighted by atomic mass is 10.0. The average molecular weight is 554 g/mol. The van der Waals surface area contributed by atoms with E-state index in [9.17, 15) is 18.8 Å². The fourth-order valence-corrected chi connectivity index (χ4v) is 5.40. The summed E-state index contributed by atoms with van der Waals surface area (Å²) in [5, 5.41) is 6.94. The molecule has 10 nitrogen and oxygen atoms in total. The van der Waals surface area contributed by atoms with Crippen LogP contribution in [0.5, 0.6) is 0 Å². The molecule has 0 spiro atoms. The van der Waals surface area contributed by atoms with Crippen molar-refractivity contribution in [3.05, 3.63) is 65.6 Å². The number of para-hydroxylation sites is 1. The van der Waals surface area contributed by atoms with Crippen molar-refractivity contribution in [2.75, 3.05) is 17.7 Å². The summed E-state index contributed by atoms with van der Waals surface area (Å²) < 4.78 is 15.5. The van der Waals surface area contributed by atoms with E-state index in [1.54, 1.807) is 18.4 Å². The third-order valence-electron chi connectivity index (χ3n) is 6.70. The number of halogens is 1. The molecule has 2 aliphatic heterocycles. The van der Waals surface area contributed by atoms with Gasteiger partial charge in [-0.2, -0.15) is 0 Å². The second-order valence-electron chi connectivity index (χ2n) is 10.9. The van der Waals surface area contributed by atoms with Crippen molar-refractivity contribution >= 4 is 45.6 Å². The van der Waals surface area contributed by atoms with E-state index >= 15 is 0 Å². The molecule has 206 valence electrons. The van der Waals surface area contributed by atoms with E-state index in [1.807, 2.05) is 51.1 Å². The zero-order valence-corrected chi connectivity index (χ0v) is 22.8. The van der Waals surface area contributed by atoms with E-state index in [1.165, 1.54) is 9.58 Å². The highest BCUT2D eigenvalue weighted by Crippen LogP contribution is 2.42. The second kappa shape index (κ2) is 9.76. The normalized spacial score (nSPS) is 19.6. The Morgan fingerprint density at radius 3 is 2.54 bits per heavy atom. The molecule has 1 aromatic carbocycles. The number of dihydropyridines is 1. The molecule has 0 bridgehead atoms. The van der Waals surface area contributed by atoms with Crippen LogP contribution in [-0.4, -0.2) is 54.6 Å². The first-order chi connectivity index (χ1) is 18.4. The summed E-state index contributed by atoms with van der Waals surface area (Å²) in [5.41, 5.74) is 1.21. The Labute approximate surface area is 230 Å². The number of Topliss-reactive ketones (excluding diaryl/α,β-unsaturated/α-hetero) is 1. The Bertz CT molecular complexity index is 1390. The Morgan fingerprint density at radius 1 is 1.21 bits per heavy atom. The summed E-state index contributed by atoms with van der Waals surface area (Å²) in [6, 6.07) is 9.33. The van der Waals surface area contributed by atoms with Crippen molar-refractivity contribution in [2.24, 2.45) is 5.84 Å². The molecule has 6 N–H and O–H groups in total. The third-order valence-corrected chi connectivity index (χ3v) is 7.75. The van der Waals surface area contributed by atoms with Crippen LogP contribution < -0.4 is 22.3 Å². The van der Waals surface area contributed by atoms with Crippen molar-refractivity contribution in [1.29, 1.82) is 0 Å². The quantitative estimate of drug-likeness (QED) is 0.250. The topological polar surface area (TPSA) is 139 Å². The largest absolute Gasteiger partial charge is 0.367 e. The molecule has 1 unspecified atom stereocenters. The minimum absolute atomic E-state index is 0.0788. The number of benzene rings is 1. The van der Waals surface area contributed by atoms with Gasteiger partial charge in [-0.25, -0.2) is 10.2 Å². The van der Waals surface area contributed by atoms with Gasteiger partial charge in [0.05, 0.1) is 35.7 Å². The van der Waals surface area contributed by atoms with Gasteiger partial charge in [0.1, 0.15) is 6.17 Å². The highest BCUT2D eigenvalue weighted by atomic mass is 32.2. The number of nitrogen functional groups attached to an aromatic ring is 1. The van der Waals surface area contributed by atoms with Gasteiger partial charge in [-0.1, -0.05) is 50.7 Å². The van der Waals surface area contributed by atoms with Crippen LogP contribution in [0.3, 0.4) is 0 Å². The van der Waals surface area contributed by atoms with Gasteiger partial charge in [0.25, 0.3) is 11.1 Å². The molecule has 0 radical (unpaired) electrons. The number of anilines is 2. The van der Waals surface area contributed by atoms with Crippen LogP contribution in [-0.2, 0) is 11.3 Å². The summed E-state index contributed by atoms with van der Waals surface area (Å²) in [5.74, 6) is 11.6. The van der Waals surface area contributed by atoms with E-state index in [2.05, 4.69) is 10.6 Å². The van der Waals surface area contributed by atoms with E-state index in [0.29, 0.717) is 28.2 Å². The standard InChI is InChI=1S/C27H32FN7O3S/c1-26(2,3)39-25(38)33-14-18-21(19(36)15-33)22(32-17-7-5-4-6-8-17)23(34(18)29)16-9-12-31-20(13-16)35(30)24(37)27(28)10-11-27/h4-9,12-13,20,31-32H,10-11,14-15,29-30H2,1-3H3. The predicted molar refractivity (Wildman–Crippen MR) is 150 cm³/mol. The number of carbonyl (C=O) groups excluding carboxylic acids is 3. The summed E-state index contributed by atoms with van der Waals surface area (Å²) in [7, 11) is 0. The van der Waals surface area contributed by atoms with Crippen LogP contribution in [0.15, 0.2) is 48.7 Å². The summed E-state index contributed by atoms with van der Waals surface area (Å²) in [6.45, 7) is 5.87. The number of nitrogens with zero attached hydrogens (tertiary/aromatic N) is 3. The number of aromatic nitrogens is 1. The van der Waals surface area contributed by atoms with E-state index < -0.39 is 17.7 Å². The molecule has 5 rings (SSSR count). The number of thioether (sulfide) groups is 1. The van der Waals surface area contributed by atoms with Crippen LogP contribution in [0.4, 0.5) is 20.6 Å². The highest BCUT2D eigenvalue weighted by molar-refractivity contribution is 8.14. The van der Waals surface area contributed by atoms with Gasteiger partial charge in [-0.15, -0.1) is 0 Å². The molecule has 2 amide bonds. The molecule has 0 saturated heterocycles. The molecular formula is C27H32FN7O3S. The lowest BCUT2D eigenvalue weighted by Gasteiger charge is -2.29. The van der Waals surface area contributed by atoms with Gasteiger partial charge >= 0.3 is 0 Å². The monoisotopic (exact) mass is 553 g/mol. The smallest absolute Gasteiger partial charge is 0.282 e. The maximum Gasteiger partial charge on any atom is 0.282 e. The summed E-state index contributed by atoms with van der Waals surface area (Å²) in [6.07, 6.45) is 4.45. The summed E-state index contributed by atoms with van der Waals surface area (Å²) in [4.78, 5) is 40.6. The first-order valence-corrected chi connectivity index (χ1v) is 13.5. The van der Waals surface area contributed by atoms with Gasteiger partial charge in [-0.05, 0) is 43.3 Å². The van der Waals surface area contributed by atoms with Crippen molar-refractivity contribution in [3.8, 4) is 0 Å². The number of hydrogen-bond donors (Lipinski definition) is 4. The van der Waals surface area contributed by atoms with E-state index in [4.69, 9.17) is 11.7 Å². The average Bonchev–Trinajstić information content (AvgIpc) is 3.58. The summed E-state index contributed by atoms with van der Waals surface area (Å²) >= 11 is 1.16. The van der Waals surface area contributed by atoms with Crippen molar-refractivity contribution in [2.45, 2.75) is 56.7 Å². The number of hydrazine groups is 1. The number of nitrogens with one attached hydrogen (secondary N) is 2. The highest BCUT2D eigenvalue weighted by Gasteiger charge is 2.53. The number of allylic oxidation sites excluding steroid dienone is 2. The fourth-order valence-electron chi connectivity index (χ4n) is 4.62. The Hall–Kier alpha value is -3.77. The van der Waals surface area contributed by atoms with Crippen LogP contribution in [0, 0.1) is 0 Å². The van der Waals surface area contributed by atoms with Gasteiger partial charge in [-0.3, -0.25) is 24.1 Å². The molecule has 1 aromatic heterocycles. The van der Waals surface area contributed by atoms with Crippen LogP contribution in [0.25, 0.3) is 5.57 Å². The van der Waals surface area contributed by atoms with Crippen molar-refractivity contribution in [1.82, 2.24) is 19.9 Å². The Kier molecular flexibility index (Phi) is 6.71. The maximum absolute atomic E-state index is 14.4. The lowest BCUT2D eigenvalue weighted by Crippen LogP contribution is -2.54. The zero-order valence-electron chi connectivity index (χ0n) is 22.0. The third kappa shape index (κ3) is 5.26. The number of rotatable bonds is 5. The second-order valence-corrected chi connectivity index (χ2v) is 12.7. The Balaban J connectivity index is 1.56. The van der Waals surface area contributed by atoms with Gasteiger partial charge in [0, 0.05) is 16.0 Å². The minimum Gasteiger partial charge on any atom is -0.367 e. The van der Waals surface area contributed by atoms with Crippen molar-refractivity contribution < 1.29 is 18.8 Å². The number of hydrogen-bond acceptors (Lipinski definition) is 8. The predicted octanol–water partition coefficient (Wildman–Crippen LogP) is 3.63. The van der Waals surface area contributed by atoms with Gasteiger partial charge in [0.2, 0.25) is 0 Å². The molecule has 1 atom stereocenters. The Morgan fingerprint density at radius 2 is 1.90 bits per heavy atom. The van der Waals surface area contributed by atoms with Gasteiger partial charge in [0.15, 0.2) is 11.5 Å². The number of nitrogens with two attached hydrogens (primary N) is 2. The molecule has 39 heavy (non-hydrogen) atoms. The lowest BCUT2D eigenvalue weighted by molar-refractivity contribution is -0.140. The first kappa shape index (κ1) is 26.8. The van der Waals surface area contributed by atoms with Crippen LogP contribution in [0.2, 0.25) is 0 Å². The maximum atomic E-state index is 14.4. The minimum atomic E-state index is -1.92. The molecule has 2 aromatic rings. The first-order valence-electron chi connectivity index (χ1n) is 12.7. The van der Waals surface area contributed by atoms with E-state index in [0.717, 1.165) is 22.5 Å². The molecule has 1 saturated carbocycles. The van der Waals surface area contributed by atoms with Crippen LogP contribution in [0.1, 0.15) is 55.4 Å². The molecule has 1 aliphatic carbocycles.